The van der Waals surface area contributed by atoms with Crippen LogP contribution in [0.3, 0.4) is 0 Å². The summed E-state index contributed by atoms with van der Waals surface area (Å²) in [6, 6.07) is 51.0. The van der Waals surface area contributed by atoms with E-state index in [4.69, 9.17) is 4.98 Å². The molecule has 0 saturated carbocycles. The van der Waals surface area contributed by atoms with Crippen LogP contribution in [0.5, 0.6) is 0 Å². The number of benzene rings is 7. The number of aromatic nitrogens is 2. The molecule has 4 heterocycles. The Hall–Kier alpha value is -4.82. The normalized spacial score (nSPS) is 12.3. The van der Waals surface area contributed by atoms with Gasteiger partial charge < -0.3 is 0 Å². The summed E-state index contributed by atoms with van der Waals surface area (Å²) in [4.78, 5) is 5.49. The molecule has 0 spiro atoms. The molecule has 0 aliphatic heterocycles. The van der Waals surface area contributed by atoms with Gasteiger partial charge in [0.2, 0.25) is 0 Å². The number of para-hydroxylation sites is 2. The van der Waals surface area contributed by atoms with Gasteiger partial charge in [0, 0.05) is 62.9 Å². The lowest BCUT2D eigenvalue weighted by atomic mass is 9.98. The third-order valence-electron chi connectivity index (χ3n) is 9.87. The van der Waals surface area contributed by atoms with Crippen LogP contribution in [0, 0.1) is 3.57 Å². The topological polar surface area (TPSA) is 17.8 Å². The van der Waals surface area contributed by atoms with Crippen LogP contribution in [-0.2, 0) is 0 Å². The van der Waals surface area contributed by atoms with Crippen molar-refractivity contribution in [2.45, 2.75) is 0 Å². The number of hydrogen-bond acceptors (Lipinski definition) is 3. The number of rotatable bonds is 2. The Morgan fingerprint density at radius 3 is 2.06 bits per heavy atom. The second-order valence-electron chi connectivity index (χ2n) is 12.4. The third-order valence-corrected chi connectivity index (χ3v) is 13.4. The predicted octanol–water partition coefficient (Wildman–Crippen LogP) is 13.5. The van der Waals surface area contributed by atoms with Crippen LogP contribution >= 0.6 is 45.3 Å². The van der Waals surface area contributed by atoms with E-state index in [1.54, 1.807) is 0 Å². The van der Waals surface area contributed by atoms with Gasteiger partial charge in [0.05, 0.1) is 24.8 Å². The number of pyridine rings is 1. The second kappa shape index (κ2) is 10.1. The van der Waals surface area contributed by atoms with Crippen LogP contribution in [0.2, 0.25) is 0 Å². The minimum atomic E-state index is 0.976. The maximum absolute atomic E-state index is 5.49. The summed E-state index contributed by atoms with van der Waals surface area (Å²) >= 11 is 6.38. The molecule has 2 nitrogen and oxygen atoms in total. The molecule has 224 valence electrons. The Labute approximate surface area is 296 Å². The van der Waals surface area contributed by atoms with E-state index in [2.05, 4.69) is 167 Å². The predicted molar refractivity (Wildman–Crippen MR) is 218 cm³/mol. The highest BCUT2D eigenvalue weighted by molar-refractivity contribution is 14.1. The second-order valence-corrected chi connectivity index (χ2v) is 15.5. The third kappa shape index (κ3) is 3.64. The maximum atomic E-state index is 5.49. The molecular weight excluding hydrogens is 736 g/mol. The molecule has 7 aromatic carbocycles. The summed E-state index contributed by atoms with van der Waals surface area (Å²) < 4.78 is 8.87. The van der Waals surface area contributed by atoms with Crippen molar-refractivity contribution in [1.82, 2.24) is 9.55 Å². The molecule has 5 heteroatoms. The molecule has 0 aliphatic carbocycles. The first-order chi connectivity index (χ1) is 23.7. The monoisotopic (exact) mass is 758 g/mol. The van der Waals surface area contributed by atoms with Crippen molar-refractivity contribution in [3.63, 3.8) is 0 Å². The van der Waals surface area contributed by atoms with Crippen LogP contribution in [0.15, 0.2) is 140 Å². The maximum Gasteiger partial charge on any atom is 0.152 e. The highest BCUT2D eigenvalue weighted by Gasteiger charge is 2.24. The van der Waals surface area contributed by atoms with Crippen molar-refractivity contribution in [2.24, 2.45) is 0 Å². The lowest BCUT2D eigenvalue weighted by Gasteiger charge is -2.17. The summed E-state index contributed by atoms with van der Waals surface area (Å²) in [5.41, 5.74) is 5.91. The Morgan fingerprint density at radius 1 is 0.479 bits per heavy atom. The van der Waals surface area contributed by atoms with Crippen molar-refractivity contribution in [3.8, 4) is 16.9 Å². The SMILES string of the molecule is Ic1c(-n2c3ccccc3c3ccc4c5ccccc5sc4c32)nc2ccccc2c1-c1cccc2c1sc1c3ccccc3ccc21. The van der Waals surface area contributed by atoms with Gasteiger partial charge in [0.15, 0.2) is 5.82 Å². The number of thiophene rings is 2. The Morgan fingerprint density at radius 2 is 1.15 bits per heavy atom. The average molecular weight is 759 g/mol. The summed E-state index contributed by atoms with van der Waals surface area (Å²) in [6.45, 7) is 0. The van der Waals surface area contributed by atoms with Gasteiger partial charge in [-0.15, -0.1) is 22.7 Å². The van der Waals surface area contributed by atoms with Gasteiger partial charge in [-0.25, -0.2) is 4.98 Å². The van der Waals surface area contributed by atoms with Crippen LogP contribution < -0.4 is 0 Å². The Balaban J connectivity index is 1.30. The molecule has 4 aromatic heterocycles. The molecule has 0 unspecified atom stereocenters. The molecule has 11 rings (SSSR count). The molecule has 0 amide bonds. The van der Waals surface area contributed by atoms with Gasteiger partial charge in [-0.1, -0.05) is 121 Å². The zero-order valence-electron chi connectivity index (χ0n) is 25.4. The first kappa shape index (κ1) is 27.2. The van der Waals surface area contributed by atoms with Crippen molar-refractivity contribution in [1.29, 1.82) is 0 Å². The van der Waals surface area contributed by atoms with Crippen molar-refractivity contribution in [3.05, 3.63) is 143 Å². The molecule has 0 saturated heterocycles. The van der Waals surface area contributed by atoms with E-state index in [0.717, 1.165) is 14.9 Å². The van der Waals surface area contributed by atoms with E-state index < -0.39 is 0 Å². The first-order valence-corrected chi connectivity index (χ1v) is 18.7. The fourth-order valence-corrected chi connectivity index (χ4v) is 11.3. The Kier molecular flexibility index (Phi) is 5.71. The minimum Gasteiger partial charge on any atom is -0.291 e. The lowest BCUT2D eigenvalue weighted by Crippen LogP contribution is -2.03. The van der Waals surface area contributed by atoms with Crippen molar-refractivity contribution >= 4 is 129 Å². The smallest absolute Gasteiger partial charge is 0.152 e. The summed E-state index contributed by atoms with van der Waals surface area (Å²) in [6.07, 6.45) is 0. The Bertz CT molecular complexity index is 3150. The van der Waals surface area contributed by atoms with Gasteiger partial charge in [-0.3, -0.25) is 4.57 Å². The summed E-state index contributed by atoms with van der Waals surface area (Å²) in [5.74, 6) is 0.976. The van der Waals surface area contributed by atoms with Crippen LogP contribution in [-0.4, -0.2) is 9.55 Å². The molecule has 0 radical (unpaired) electrons. The number of halogens is 1. The zero-order valence-corrected chi connectivity index (χ0v) is 29.2. The first-order valence-electron chi connectivity index (χ1n) is 16.0. The minimum absolute atomic E-state index is 0.976. The van der Waals surface area contributed by atoms with Crippen molar-refractivity contribution in [2.75, 3.05) is 0 Å². The van der Waals surface area contributed by atoms with E-state index in [-0.39, 0.29) is 0 Å². The van der Waals surface area contributed by atoms with Gasteiger partial charge >= 0.3 is 0 Å². The van der Waals surface area contributed by atoms with Crippen LogP contribution in [0.25, 0.3) is 101 Å². The quantitative estimate of drug-likeness (QED) is 0.161. The molecule has 0 fully saturated rings. The highest BCUT2D eigenvalue weighted by atomic mass is 127. The van der Waals surface area contributed by atoms with E-state index in [1.165, 1.54) is 89.4 Å². The summed E-state index contributed by atoms with van der Waals surface area (Å²) in [5, 5.41) is 11.5. The number of hydrogen-bond donors (Lipinski definition) is 0. The number of fused-ring (bicyclic) bond motifs is 13. The molecule has 11 aromatic rings. The van der Waals surface area contributed by atoms with E-state index in [9.17, 15) is 0 Å². The fourth-order valence-electron chi connectivity index (χ4n) is 7.76. The fraction of sp³-hybridized carbons (Fsp3) is 0. The van der Waals surface area contributed by atoms with E-state index >= 15 is 0 Å². The molecule has 0 bridgehead atoms. The molecule has 0 atom stereocenters. The summed E-state index contributed by atoms with van der Waals surface area (Å²) in [7, 11) is 0. The van der Waals surface area contributed by atoms with Crippen LogP contribution in [0.1, 0.15) is 0 Å². The van der Waals surface area contributed by atoms with E-state index in [1.807, 2.05) is 22.7 Å². The van der Waals surface area contributed by atoms with Gasteiger partial charge in [-0.2, -0.15) is 0 Å². The molecular formula is C43H23IN2S2. The average Bonchev–Trinajstić information content (AvgIpc) is 3.81. The van der Waals surface area contributed by atoms with Crippen molar-refractivity contribution < 1.29 is 0 Å². The number of nitrogens with zero attached hydrogens (tertiary/aromatic N) is 2. The highest BCUT2D eigenvalue weighted by Crippen LogP contribution is 2.48. The van der Waals surface area contributed by atoms with Gasteiger partial charge in [-0.05, 0) is 51.6 Å². The zero-order chi connectivity index (χ0) is 31.5. The largest absolute Gasteiger partial charge is 0.291 e. The standard InChI is InChI=1S/C43H23IN2S2/c44-38-37(33-16-9-15-29-31-21-20-24-10-1-2-11-25(24)40(31)48-41(29)33)32-14-3-6-17-34(32)45-43(38)46-35-18-7-4-12-26(35)28-22-23-30-27-13-5-8-19-36(27)47-42(30)39(28)46/h1-23H. The molecule has 0 aliphatic rings. The lowest BCUT2D eigenvalue weighted by molar-refractivity contribution is 1.09. The van der Waals surface area contributed by atoms with Gasteiger partial charge in [0.25, 0.3) is 0 Å². The molecule has 48 heavy (non-hydrogen) atoms. The van der Waals surface area contributed by atoms with Gasteiger partial charge in [0.1, 0.15) is 0 Å². The van der Waals surface area contributed by atoms with Crippen LogP contribution in [0.4, 0.5) is 0 Å². The van der Waals surface area contributed by atoms with E-state index in [0.29, 0.717) is 0 Å². The molecule has 0 N–H and O–H groups in total.